The third kappa shape index (κ3) is 4.24. The van der Waals surface area contributed by atoms with Gasteiger partial charge >= 0.3 is 0 Å². The quantitative estimate of drug-likeness (QED) is 0.855. The molecule has 2 N–H and O–H groups in total. The molecule has 0 unspecified atom stereocenters. The summed E-state index contributed by atoms with van der Waals surface area (Å²) < 4.78 is 5.12. The number of benzene rings is 1. The lowest BCUT2D eigenvalue weighted by Crippen LogP contribution is -2.58. The van der Waals surface area contributed by atoms with Crippen molar-refractivity contribution in [3.63, 3.8) is 0 Å². The molecule has 4 nitrogen and oxygen atoms in total. The van der Waals surface area contributed by atoms with E-state index >= 15 is 0 Å². The van der Waals surface area contributed by atoms with Gasteiger partial charge in [-0.05, 0) is 45.4 Å². The first-order chi connectivity index (χ1) is 8.65. The van der Waals surface area contributed by atoms with E-state index < -0.39 is 11.1 Å². The van der Waals surface area contributed by atoms with Crippen LogP contribution in [0.2, 0.25) is 0 Å². The van der Waals surface area contributed by atoms with Crippen molar-refractivity contribution < 1.29 is 14.6 Å². The first-order valence-electron chi connectivity index (χ1n) is 6.32. The zero-order valence-corrected chi connectivity index (χ0v) is 12.3. The fraction of sp³-hybridized carbons (Fsp3) is 0.533. The Morgan fingerprint density at radius 3 is 2.47 bits per heavy atom. The number of amides is 1. The Balaban J connectivity index is 2.70. The summed E-state index contributed by atoms with van der Waals surface area (Å²) in [5.41, 5.74) is -0.802. The van der Waals surface area contributed by atoms with Crippen LogP contribution in [-0.2, 0) is 11.2 Å². The molecule has 19 heavy (non-hydrogen) atoms. The number of carbonyl (C=O) groups is 1. The molecule has 1 aromatic rings. The maximum Gasteiger partial charge on any atom is 0.224 e. The number of nitrogens with one attached hydrogen (secondary N) is 1. The van der Waals surface area contributed by atoms with Gasteiger partial charge in [-0.2, -0.15) is 0 Å². The minimum absolute atomic E-state index is 0.125. The van der Waals surface area contributed by atoms with Gasteiger partial charge in [-0.3, -0.25) is 4.79 Å². The van der Waals surface area contributed by atoms with Crippen LogP contribution in [0.5, 0.6) is 5.75 Å². The molecule has 0 atom stereocenters. The maximum atomic E-state index is 12.0. The van der Waals surface area contributed by atoms with Crippen molar-refractivity contribution in [2.75, 3.05) is 7.11 Å². The first-order valence-corrected chi connectivity index (χ1v) is 6.32. The van der Waals surface area contributed by atoms with Gasteiger partial charge in [-0.15, -0.1) is 0 Å². The van der Waals surface area contributed by atoms with Crippen molar-refractivity contribution in [1.82, 2.24) is 5.32 Å². The van der Waals surface area contributed by atoms with Gasteiger partial charge in [0.05, 0.1) is 24.7 Å². The lowest BCUT2D eigenvalue weighted by molar-refractivity contribution is -0.125. The van der Waals surface area contributed by atoms with E-state index in [1.807, 2.05) is 24.3 Å². The summed E-state index contributed by atoms with van der Waals surface area (Å²) in [6.07, 6.45) is 0.261. The Labute approximate surface area is 114 Å². The lowest BCUT2D eigenvalue weighted by atomic mass is 9.86. The summed E-state index contributed by atoms with van der Waals surface area (Å²) in [4.78, 5) is 12.0. The number of carbonyl (C=O) groups excluding carboxylic acids is 1. The highest BCUT2D eigenvalue weighted by atomic mass is 16.5. The van der Waals surface area contributed by atoms with Crippen LogP contribution in [0.1, 0.15) is 33.3 Å². The second kappa shape index (κ2) is 5.61. The van der Waals surface area contributed by atoms with Crippen molar-refractivity contribution in [1.29, 1.82) is 0 Å². The monoisotopic (exact) mass is 265 g/mol. The van der Waals surface area contributed by atoms with Crippen LogP contribution in [0.25, 0.3) is 0 Å². The summed E-state index contributed by atoms with van der Waals surface area (Å²) >= 11 is 0. The van der Waals surface area contributed by atoms with E-state index in [4.69, 9.17) is 4.74 Å². The van der Waals surface area contributed by atoms with Gasteiger partial charge in [0.2, 0.25) is 5.91 Å². The van der Waals surface area contributed by atoms with Crippen LogP contribution < -0.4 is 10.1 Å². The smallest absolute Gasteiger partial charge is 0.224 e. The summed E-state index contributed by atoms with van der Waals surface area (Å²) in [6, 6.07) is 7.39. The number of rotatable bonds is 5. The number of ether oxygens (including phenoxy) is 1. The van der Waals surface area contributed by atoms with Crippen LogP contribution in [0.4, 0.5) is 0 Å². The minimum atomic E-state index is -0.989. The van der Waals surface area contributed by atoms with Crippen LogP contribution >= 0.6 is 0 Å². The molecule has 0 bridgehead atoms. The summed E-state index contributed by atoms with van der Waals surface area (Å²) in [5.74, 6) is 0.604. The fourth-order valence-electron chi connectivity index (χ4n) is 1.51. The molecular formula is C15H23NO3. The maximum absolute atomic E-state index is 12.0. The fourth-order valence-corrected chi connectivity index (χ4v) is 1.51. The van der Waals surface area contributed by atoms with Crippen LogP contribution in [0, 0.1) is 0 Å². The van der Waals surface area contributed by atoms with Crippen LogP contribution in [-0.4, -0.2) is 29.3 Å². The molecule has 0 aliphatic heterocycles. The largest absolute Gasteiger partial charge is 0.497 e. The van der Waals surface area contributed by atoms with Crippen LogP contribution in [0.3, 0.4) is 0 Å². The highest BCUT2D eigenvalue weighted by Gasteiger charge is 2.36. The normalized spacial score (nSPS) is 12.1. The molecule has 0 spiro atoms. The second-order valence-corrected chi connectivity index (χ2v) is 5.76. The minimum Gasteiger partial charge on any atom is -0.497 e. The molecule has 1 amide bonds. The Morgan fingerprint density at radius 2 is 1.95 bits per heavy atom. The Kier molecular flexibility index (Phi) is 4.58. The number of hydrogen-bond donors (Lipinski definition) is 2. The standard InChI is InChI=1S/C15H23NO3/c1-14(2,15(3,4)18)16-13(17)10-11-7-6-8-12(9-11)19-5/h6-9,18H,10H2,1-5H3,(H,16,17). The van der Waals surface area contributed by atoms with Gasteiger partial charge in [0.1, 0.15) is 5.75 Å². The third-order valence-electron chi connectivity index (χ3n) is 3.48. The topological polar surface area (TPSA) is 58.6 Å². The van der Waals surface area contributed by atoms with Gasteiger partial charge in [0, 0.05) is 0 Å². The number of aliphatic hydroxyl groups is 1. The van der Waals surface area contributed by atoms with Crippen molar-refractivity contribution in [3.8, 4) is 5.75 Å². The van der Waals surface area contributed by atoms with E-state index in [2.05, 4.69) is 5.32 Å². The predicted octanol–water partition coefficient (Wildman–Crippen LogP) is 1.90. The van der Waals surface area contributed by atoms with Gasteiger partial charge in [-0.25, -0.2) is 0 Å². The summed E-state index contributed by atoms with van der Waals surface area (Å²) in [5, 5.41) is 12.9. The lowest BCUT2D eigenvalue weighted by Gasteiger charge is -2.38. The van der Waals surface area contributed by atoms with E-state index in [9.17, 15) is 9.90 Å². The number of methoxy groups -OCH3 is 1. The molecule has 0 aliphatic rings. The average molecular weight is 265 g/mol. The molecular weight excluding hydrogens is 242 g/mol. The molecule has 106 valence electrons. The van der Waals surface area contributed by atoms with Gasteiger partial charge in [0.25, 0.3) is 0 Å². The predicted molar refractivity (Wildman–Crippen MR) is 75.2 cm³/mol. The highest BCUT2D eigenvalue weighted by Crippen LogP contribution is 2.21. The van der Waals surface area contributed by atoms with E-state index in [0.717, 1.165) is 11.3 Å². The molecule has 0 aromatic heterocycles. The molecule has 4 heteroatoms. The van der Waals surface area contributed by atoms with Crippen molar-refractivity contribution in [3.05, 3.63) is 29.8 Å². The zero-order valence-electron chi connectivity index (χ0n) is 12.3. The average Bonchev–Trinajstić information content (AvgIpc) is 2.26. The first kappa shape index (κ1) is 15.5. The number of hydrogen-bond acceptors (Lipinski definition) is 3. The molecule has 1 aromatic carbocycles. The third-order valence-corrected chi connectivity index (χ3v) is 3.48. The van der Waals surface area contributed by atoms with Crippen LogP contribution in [0.15, 0.2) is 24.3 Å². The van der Waals surface area contributed by atoms with E-state index in [1.54, 1.807) is 34.8 Å². The molecule has 1 rings (SSSR count). The summed E-state index contributed by atoms with van der Waals surface area (Å²) in [7, 11) is 1.59. The van der Waals surface area contributed by atoms with Gasteiger partial charge < -0.3 is 15.2 Å². The molecule has 0 saturated heterocycles. The van der Waals surface area contributed by atoms with E-state index in [-0.39, 0.29) is 12.3 Å². The SMILES string of the molecule is COc1cccc(CC(=O)NC(C)(C)C(C)(C)O)c1. The van der Waals surface area contributed by atoms with E-state index in [0.29, 0.717) is 0 Å². The highest BCUT2D eigenvalue weighted by molar-refractivity contribution is 5.79. The van der Waals surface area contributed by atoms with Crippen molar-refractivity contribution in [2.45, 2.75) is 45.3 Å². The van der Waals surface area contributed by atoms with Gasteiger partial charge in [-0.1, -0.05) is 12.1 Å². The molecule has 0 saturated carbocycles. The second-order valence-electron chi connectivity index (χ2n) is 5.76. The Hall–Kier alpha value is -1.55. The molecule has 0 radical (unpaired) electrons. The van der Waals surface area contributed by atoms with E-state index in [1.165, 1.54) is 0 Å². The molecule has 0 aliphatic carbocycles. The Morgan fingerprint density at radius 1 is 1.32 bits per heavy atom. The zero-order chi connectivity index (χ0) is 14.7. The van der Waals surface area contributed by atoms with Crippen molar-refractivity contribution >= 4 is 5.91 Å². The van der Waals surface area contributed by atoms with Gasteiger partial charge in [0.15, 0.2) is 0 Å². The molecule has 0 fully saturated rings. The van der Waals surface area contributed by atoms with Crippen molar-refractivity contribution in [2.24, 2.45) is 0 Å². The molecule has 0 heterocycles. The Bertz CT molecular complexity index is 447. The summed E-state index contributed by atoms with van der Waals surface area (Å²) in [6.45, 7) is 6.96.